The van der Waals surface area contributed by atoms with Gasteiger partial charge in [0, 0.05) is 17.7 Å². The van der Waals surface area contributed by atoms with Gasteiger partial charge in [-0.25, -0.2) is 9.36 Å². The van der Waals surface area contributed by atoms with Crippen LogP contribution < -0.4 is 10.3 Å². The van der Waals surface area contributed by atoms with Crippen LogP contribution in [-0.2, 0) is 11.3 Å². The van der Waals surface area contributed by atoms with E-state index in [9.17, 15) is 9.59 Å². The molecule has 1 amide bonds. The van der Waals surface area contributed by atoms with Crippen molar-refractivity contribution in [3.63, 3.8) is 0 Å². The second-order valence-corrected chi connectivity index (χ2v) is 7.19. The second kappa shape index (κ2) is 7.47. The Bertz CT molecular complexity index is 761. The Morgan fingerprint density at radius 2 is 1.72 bits per heavy atom. The van der Waals surface area contributed by atoms with Gasteiger partial charge in [0.25, 0.3) is 0 Å². The van der Waals surface area contributed by atoms with Crippen LogP contribution in [0.1, 0.15) is 54.0 Å². The Hall–Kier alpha value is -2.69. The Morgan fingerprint density at radius 3 is 2.28 bits per heavy atom. The first kappa shape index (κ1) is 18.6. The van der Waals surface area contributed by atoms with Gasteiger partial charge < -0.3 is 10.5 Å². The number of nitrogens with two attached hydrogens (primary N) is 1. The van der Waals surface area contributed by atoms with Crippen molar-refractivity contribution in [2.75, 3.05) is 0 Å². The standard InChI is InChI=1S/C20H24N2O3/c1-14(20(2,3)4)25-19(24)17-8-6-5-7-16(17)13-22-11-9-15(10-12-22)18(21)23/h5-12,14H,13H2,1-4H3,(H-,21,23)/p+1/t14-/m1/s1. The number of pyridine rings is 1. The Labute approximate surface area is 148 Å². The molecule has 0 saturated heterocycles. The number of nitrogens with zero attached hydrogens (tertiary/aromatic N) is 1. The van der Waals surface area contributed by atoms with Crippen molar-refractivity contribution in [2.45, 2.75) is 40.3 Å². The van der Waals surface area contributed by atoms with Crippen LogP contribution >= 0.6 is 0 Å². The summed E-state index contributed by atoms with van der Waals surface area (Å²) >= 11 is 0. The number of carbonyl (C=O) groups excluding carboxylic acids is 2. The fraction of sp³-hybridized carbons (Fsp3) is 0.350. The molecule has 2 rings (SSSR count). The number of benzene rings is 1. The number of aromatic nitrogens is 1. The summed E-state index contributed by atoms with van der Waals surface area (Å²) in [6.07, 6.45) is 3.33. The predicted octanol–water partition coefficient (Wildman–Crippen LogP) is 2.71. The van der Waals surface area contributed by atoms with Crippen LogP contribution in [0.5, 0.6) is 0 Å². The fourth-order valence-electron chi connectivity index (χ4n) is 2.18. The van der Waals surface area contributed by atoms with E-state index < -0.39 is 5.91 Å². The molecule has 1 heterocycles. The largest absolute Gasteiger partial charge is 0.459 e. The number of rotatable bonds is 5. The SMILES string of the molecule is C[C@@H](OC(=O)c1ccccc1C[n+]1ccc(C(N)=O)cc1)C(C)(C)C. The molecule has 2 aromatic rings. The zero-order chi connectivity index (χ0) is 18.6. The minimum Gasteiger partial charge on any atom is -0.459 e. The highest BCUT2D eigenvalue weighted by Crippen LogP contribution is 2.23. The number of ether oxygens (including phenoxy) is 1. The molecule has 2 N–H and O–H groups in total. The number of hydrogen-bond acceptors (Lipinski definition) is 3. The quantitative estimate of drug-likeness (QED) is 0.671. The van der Waals surface area contributed by atoms with Gasteiger partial charge in [-0.15, -0.1) is 0 Å². The first-order valence-electron chi connectivity index (χ1n) is 8.26. The smallest absolute Gasteiger partial charge is 0.338 e. The molecule has 0 fully saturated rings. The van der Waals surface area contributed by atoms with E-state index >= 15 is 0 Å². The summed E-state index contributed by atoms with van der Waals surface area (Å²) in [5.41, 5.74) is 6.98. The fourth-order valence-corrected chi connectivity index (χ4v) is 2.18. The highest BCUT2D eigenvalue weighted by Gasteiger charge is 2.25. The van der Waals surface area contributed by atoms with E-state index in [2.05, 4.69) is 0 Å². The van der Waals surface area contributed by atoms with Crippen LogP contribution in [0, 0.1) is 5.41 Å². The molecule has 5 nitrogen and oxygen atoms in total. The van der Waals surface area contributed by atoms with Crippen molar-refractivity contribution in [1.82, 2.24) is 0 Å². The van der Waals surface area contributed by atoms with Gasteiger partial charge in [-0.3, -0.25) is 4.79 Å². The average Bonchev–Trinajstić information content (AvgIpc) is 2.54. The summed E-state index contributed by atoms with van der Waals surface area (Å²) in [6.45, 7) is 8.50. The van der Waals surface area contributed by atoms with Crippen molar-refractivity contribution < 1.29 is 18.9 Å². The third-order valence-electron chi connectivity index (χ3n) is 4.27. The van der Waals surface area contributed by atoms with E-state index in [0.717, 1.165) is 5.56 Å². The van der Waals surface area contributed by atoms with Crippen LogP contribution in [0.15, 0.2) is 48.8 Å². The molecule has 132 valence electrons. The predicted molar refractivity (Wildman–Crippen MR) is 95.0 cm³/mol. The van der Waals surface area contributed by atoms with Gasteiger partial charge in [0.05, 0.1) is 11.1 Å². The van der Waals surface area contributed by atoms with E-state index in [1.165, 1.54) is 0 Å². The Balaban J connectivity index is 2.20. The van der Waals surface area contributed by atoms with Crippen LogP contribution in [-0.4, -0.2) is 18.0 Å². The maximum Gasteiger partial charge on any atom is 0.338 e. The number of carbonyl (C=O) groups is 2. The molecule has 0 aliphatic rings. The lowest BCUT2D eigenvalue weighted by atomic mass is 9.90. The van der Waals surface area contributed by atoms with E-state index in [1.54, 1.807) is 30.6 Å². The Kier molecular flexibility index (Phi) is 5.57. The summed E-state index contributed by atoms with van der Waals surface area (Å²) < 4.78 is 7.50. The van der Waals surface area contributed by atoms with Gasteiger partial charge in [-0.1, -0.05) is 39.0 Å². The molecule has 0 aliphatic heterocycles. The van der Waals surface area contributed by atoms with Gasteiger partial charge in [0.1, 0.15) is 6.10 Å². The van der Waals surface area contributed by atoms with Gasteiger partial charge in [-0.2, -0.15) is 0 Å². The third kappa shape index (κ3) is 4.89. The van der Waals surface area contributed by atoms with Crippen molar-refractivity contribution in [3.05, 3.63) is 65.5 Å². The molecule has 0 unspecified atom stereocenters. The maximum absolute atomic E-state index is 12.6. The molecule has 1 aromatic carbocycles. The van der Waals surface area contributed by atoms with Crippen molar-refractivity contribution in [2.24, 2.45) is 11.1 Å². The van der Waals surface area contributed by atoms with E-state index in [4.69, 9.17) is 10.5 Å². The van der Waals surface area contributed by atoms with Gasteiger partial charge in [-0.05, 0) is 18.4 Å². The second-order valence-electron chi connectivity index (χ2n) is 7.19. The number of esters is 1. The molecule has 0 spiro atoms. The molecule has 1 aromatic heterocycles. The molecule has 25 heavy (non-hydrogen) atoms. The molecule has 0 aliphatic carbocycles. The highest BCUT2D eigenvalue weighted by molar-refractivity contribution is 5.92. The molecule has 0 radical (unpaired) electrons. The highest BCUT2D eigenvalue weighted by atomic mass is 16.5. The normalized spacial score (nSPS) is 12.5. The minimum absolute atomic E-state index is 0.121. The van der Waals surface area contributed by atoms with Crippen LogP contribution in [0.25, 0.3) is 0 Å². The first-order valence-corrected chi connectivity index (χ1v) is 8.26. The van der Waals surface area contributed by atoms with Crippen molar-refractivity contribution >= 4 is 11.9 Å². The van der Waals surface area contributed by atoms with E-state index in [1.807, 2.05) is 50.5 Å². The summed E-state index contributed by atoms with van der Waals surface area (Å²) in [4.78, 5) is 23.7. The van der Waals surface area contributed by atoms with Gasteiger partial charge in [0.15, 0.2) is 18.9 Å². The lowest BCUT2D eigenvalue weighted by Gasteiger charge is -2.27. The summed E-state index contributed by atoms with van der Waals surface area (Å²) in [6, 6.07) is 10.7. The van der Waals surface area contributed by atoms with Crippen LogP contribution in [0.3, 0.4) is 0 Å². The topological polar surface area (TPSA) is 73.3 Å². The molecular weight excluding hydrogens is 316 g/mol. The lowest BCUT2D eigenvalue weighted by Crippen LogP contribution is -2.35. The number of amides is 1. The van der Waals surface area contributed by atoms with Crippen molar-refractivity contribution in [1.29, 1.82) is 0 Å². The zero-order valence-electron chi connectivity index (χ0n) is 15.2. The monoisotopic (exact) mass is 341 g/mol. The molecular formula is C20H25N2O3+. The summed E-state index contributed by atoms with van der Waals surface area (Å²) in [5, 5.41) is 0. The summed E-state index contributed by atoms with van der Waals surface area (Å²) in [5.74, 6) is -0.792. The number of hydrogen-bond donors (Lipinski definition) is 1. The summed E-state index contributed by atoms with van der Waals surface area (Å²) in [7, 11) is 0. The van der Waals surface area contributed by atoms with Crippen LogP contribution in [0.2, 0.25) is 0 Å². The molecule has 0 bridgehead atoms. The first-order chi connectivity index (χ1) is 11.7. The third-order valence-corrected chi connectivity index (χ3v) is 4.27. The minimum atomic E-state index is -0.465. The number of primary amides is 1. The van der Waals surface area contributed by atoms with Crippen molar-refractivity contribution in [3.8, 4) is 0 Å². The van der Waals surface area contributed by atoms with Gasteiger partial charge in [0.2, 0.25) is 5.91 Å². The lowest BCUT2D eigenvalue weighted by molar-refractivity contribution is -0.688. The maximum atomic E-state index is 12.6. The Morgan fingerprint density at radius 1 is 1.12 bits per heavy atom. The molecule has 0 saturated carbocycles. The van der Waals surface area contributed by atoms with Gasteiger partial charge >= 0.3 is 5.97 Å². The zero-order valence-corrected chi connectivity index (χ0v) is 15.2. The average molecular weight is 341 g/mol. The molecule has 1 atom stereocenters. The van der Waals surface area contributed by atoms with E-state index in [-0.39, 0.29) is 17.5 Å². The molecule has 5 heteroatoms. The van der Waals surface area contributed by atoms with E-state index in [0.29, 0.717) is 17.7 Å². The van der Waals surface area contributed by atoms with Crippen LogP contribution in [0.4, 0.5) is 0 Å².